The van der Waals surface area contributed by atoms with Gasteiger partial charge in [-0.15, -0.1) is 11.3 Å². The van der Waals surface area contributed by atoms with Crippen LogP contribution in [-0.4, -0.2) is 29.7 Å². The highest BCUT2D eigenvalue weighted by Crippen LogP contribution is 2.30. The molecule has 0 amide bonds. The third-order valence-electron chi connectivity index (χ3n) is 4.59. The summed E-state index contributed by atoms with van der Waals surface area (Å²) >= 11 is 6.89. The number of hydrogen-bond donors (Lipinski definition) is 1. The Hall–Kier alpha value is -1.74. The summed E-state index contributed by atoms with van der Waals surface area (Å²) in [6.07, 6.45) is 5.98. The average molecular weight is 423 g/mol. The second kappa shape index (κ2) is 7.71. The van der Waals surface area contributed by atoms with Crippen molar-refractivity contribution in [1.29, 1.82) is 0 Å². The zero-order valence-electron chi connectivity index (χ0n) is 14.6. The van der Waals surface area contributed by atoms with Gasteiger partial charge >= 0.3 is 0 Å². The molecule has 3 heterocycles. The van der Waals surface area contributed by atoms with Crippen molar-refractivity contribution < 1.29 is 8.42 Å². The maximum Gasteiger partial charge on any atom is 0.250 e. The van der Waals surface area contributed by atoms with E-state index in [1.165, 1.54) is 17.3 Å². The van der Waals surface area contributed by atoms with Gasteiger partial charge in [-0.2, -0.15) is 5.10 Å². The van der Waals surface area contributed by atoms with E-state index in [9.17, 15) is 8.42 Å². The van der Waals surface area contributed by atoms with E-state index in [-0.39, 0.29) is 10.8 Å². The van der Waals surface area contributed by atoms with Crippen LogP contribution in [0.4, 0.5) is 0 Å². The van der Waals surface area contributed by atoms with Crippen LogP contribution >= 0.6 is 22.9 Å². The summed E-state index contributed by atoms with van der Waals surface area (Å²) in [6.45, 7) is 0.751. The molecule has 0 unspecified atom stereocenters. The summed E-state index contributed by atoms with van der Waals surface area (Å²) in [7, 11) is -3.55. The van der Waals surface area contributed by atoms with E-state index in [1.807, 2.05) is 22.9 Å². The third kappa shape index (κ3) is 3.94. The van der Waals surface area contributed by atoms with Crippen molar-refractivity contribution in [2.45, 2.75) is 36.4 Å². The number of thiophene rings is 1. The molecule has 0 atom stereocenters. The minimum Gasteiger partial charge on any atom is -0.267 e. The molecule has 1 aliphatic carbocycles. The Morgan fingerprint density at radius 2 is 2.04 bits per heavy atom. The second-order valence-electron chi connectivity index (χ2n) is 6.38. The molecule has 3 aromatic rings. The van der Waals surface area contributed by atoms with E-state index in [0.717, 1.165) is 48.4 Å². The van der Waals surface area contributed by atoms with Crippen molar-refractivity contribution >= 4 is 33.0 Å². The van der Waals surface area contributed by atoms with E-state index in [0.29, 0.717) is 10.9 Å². The number of sulfonamides is 1. The van der Waals surface area contributed by atoms with Gasteiger partial charge in [-0.1, -0.05) is 17.7 Å². The third-order valence-corrected chi connectivity index (χ3v) is 7.78. The van der Waals surface area contributed by atoms with Gasteiger partial charge in [-0.25, -0.2) is 13.1 Å². The molecular weight excluding hydrogens is 404 g/mol. The summed E-state index contributed by atoms with van der Waals surface area (Å²) in [5.41, 5.74) is 4.22. The number of nitrogens with zero attached hydrogens (tertiary/aromatic N) is 3. The monoisotopic (exact) mass is 422 g/mol. The molecule has 6 nitrogen and oxygen atoms in total. The maximum atomic E-state index is 12.4. The molecule has 3 aromatic heterocycles. The van der Waals surface area contributed by atoms with Crippen molar-refractivity contribution in [2.24, 2.45) is 0 Å². The van der Waals surface area contributed by atoms with Gasteiger partial charge in [0.2, 0.25) is 10.0 Å². The maximum absolute atomic E-state index is 12.4. The van der Waals surface area contributed by atoms with Gasteiger partial charge < -0.3 is 0 Å². The minimum absolute atomic E-state index is 0.226. The zero-order valence-corrected chi connectivity index (χ0v) is 16.9. The predicted octanol–water partition coefficient (Wildman–Crippen LogP) is 3.52. The fourth-order valence-corrected chi connectivity index (χ4v) is 5.91. The van der Waals surface area contributed by atoms with Gasteiger partial charge in [-0.05, 0) is 49.9 Å². The highest BCUT2D eigenvalue weighted by atomic mass is 35.5. The molecular formula is C18H19ClN4O2S2. The van der Waals surface area contributed by atoms with Crippen LogP contribution in [0.3, 0.4) is 0 Å². The molecule has 1 aliphatic rings. The van der Waals surface area contributed by atoms with E-state index in [2.05, 4.69) is 9.71 Å². The number of fused-ring (bicyclic) bond motifs is 1. The van der Waals surface area contributed by atoms with Gasteiger partial charge in [0.15, 0.2) is 0 Å². The molecule has 0 fully saturated rings. The molecule has 0 saturated heterocycles. The number of rotatable bonds is 6. The summed E-state index contributed by atoms with van der Waals surface area (Å²) in [6, 6.07) is 8.91. The molecule has 0 spiro atoms. The second-order valence-corrected chi connectivity index (χ2v) is 10.1. The Bertz CT molecular complexity index is 1040. The fourth-order valence-electron chi connectivity index (χ4n) is 3.36. The molecule has 0 radical (unpaired) electrons. The van der Waals surface area contributed by atoms with Gasteiger partial charge in [0.1, 0.15) is 9.90 Å². The number of halogens is 1. The van der Waals surface area contributed by atoms with Crippen LogP contribution in [0.15, 0.2) is 40.7 Å². The van der Waals surface area contributed by atoms with Crippen molar-refractivity contribution in [2.75, 3.05) is 6.54 Å². The Labute approximate surface area is 167 Å². The van der Waals surface area contributed by atoms with Gasteiger partial charge in [0.05, 0.1) is 16.6 Å². The molecule has 4 rings (SSSR count). The van der Waals surface area contributed by atoms with Crippen LogP contribution in [-0.2, 0) is 29.4 Å². The lowest BCUT2D eigenvalue weighted by molar-refractivity contribution is 0.539. The lowest BCUT2D eigenvalue weighted by Gasteiger charge is -2.14. The highest BCUT2D eigenvalue weighted by Gasteiger charge is 2.23. The first-order valence-electron chi connectivity index (χ1n) is 8.79. The van der Waals surface area contributed by atoms with E-state index >= 15 is 0 Å². The van der Waals surface area contributed by atoms with Crippen LogP contribution in [0, 0.1) is 0 Å². The summed E-state index contributed by atoms with van der Waals surface area (Å²) in [4.78, 5) is 4.43. The van der Waals surface area contributed by atoms with Gasteiger partial charge in [0.25, 0.3) is 0 Å². The van der Waals surface area contributed by atoms with Gasteiger partial charge in [0, 0.05) is 24.0 Å². The fraction of sp³-hybridized carbons (Fsp3) is 0.333. The average Bonchev–Trinajstić information content (AvgIpc) is 3.27. The zero-order chi connectivity index (χ0) is 18.9. The number of nitrogens with one attached hydrogen (secondary N) is 1. The molecule has 142 valence electrons. The molecule has 0 aliphatic heterocycles. The van der Waals surface area contributed by atoms with Crippen LogP contribution in [0.25, 0.3) is 11.4 Å². The number of hydrogen-bond acceptors (Lipinski definition) is 5. The Morgan fingerprint density at radius 3 is 2.78 bits per heavy atom. The Kier molecular flexibility index (Phi) is 5.32. The first kappa shape index (κ1) is 18.6. The largest absolute Gasteiger partial charge is 0.267 e. The smallest absolute Gasteiger partial charge is 0.250 e. The van der Waals surface area contributed by atoms with E-state index in [1.54, 1.807) is 12.3 Å². The lowest BCUT2D eigenvalue weighted by atomic mass is 9.95. The summed E-state index contributed by atoms with van der Waals surface area (Å²) in [5, 5.41) is 4.76. The van der Waals surface area contributed by atoms with Crippen LogP contribution < -0.4 is 4.72 Å². The van der Waals surface area contributed by atoms with E-state index < -0.39 is 10.0 Å². The highest BCUT2D eigenvalue weighted by molar-refractivity contribution is 7.91. The van der Waals surface area contributed by atoms with Crippen molar-refractivity contribution in [3.63, 3.8) is 0 Å². The quantitative estimate of drug-likeness (QED) is 0.659. The van der Waals surface area contributed by atoms with Crippen molar-refractivity contribution in [1.82, 2.24) is 19.5 Å². The molecule has 0 aromatic carbocycles. The molecule has 0 saturated carbocycles. The Morgan fingerprint density at radius 1 is 1.19 bits per heavy atom. The first-order chi connectivity index (χ1) is 13.0. The van der Waals surface area contributed by atoms with Gasteiger partial charge in [-0.3, -0.25) is 9.67 Å². The summed E-state index contributed by atoms with van der Waals surface area (Å²) < 4.78 is 30.0. The first-order valence-corrected chi connectivity index (χ1v) is 11.5. The normalized spacial score (nSPS) is 14.3. The van der Waals surface area contributed by atoms with Crippen LogP contribution in [0.5, 0.6) is 0 Å². The standard InChI is InChI=1S/C18H19ClN4O2S2/c19-16-8-9-17(26-16)27(24,25)21-11-12-23-15-7-2-1-5-13(15)18(22-23)14-6-3-4-10-20-14/h3-4,6,8-10,21H,1-2,5,7,11-12H2. The van der Waals surface area contributed by atoms with E-state index in [4.69, 9.17) is 16.7 Å². The molecule has 27 heavy (non-hydrogen) atoms. The molecule has 9 heteroatoms. The van der Waals surface area contributed by atoms with Crippen LogP contribution in [0.1, 0.15) is 24.1 Å². The predicted molar refractivity (Wildman–Crippen MR) is 107 cm³/mol. The summed E-state index contributed by atoms with van der Waals surface area (Å²) in [5.74, 6) is 0. The number of aromatic nitrogens is 3. The number of pyridine rings is 1. The van der Waals surface area contributed by atoms with Crippen molar-refractivity contribution in [3.05, 3.63) is 52.1 Å². The minimum atomic E-state index is -3.55. The topological polar surface area (TPSA) is 76.9 Å². The SMILES string of the molecule is O=S(=O)(NCCn1nc(-c2ccccn2)c2c1CCCC2)c1ccc(Cl)s1. The Balaban J connectivity index is 1.53. The lowest BCUT2D eigenvalue weighted by Crippen LogP contribution is -2.27. The molecule has 1 N–H and O–H groups in total. The van der Waals surface area contributed by atoms with Crippen LogP contribution in [0.2, 0.25) is 4.34 Å². The molecule has 0 bridgehead atoms. The van der Waals surface area contributed by atoms with Crippen molar-refractivity contribution in [3.8, 4) is 11.4 Å².